The molecule has 0 unspecified atom stereocenters. The largest absolute Gasteiger partial charge is 0.469 e. The topological polar surface area (TPSA) is 63.7 Å². The van der Waals surface area contributed by atoms with Crippen molar-refractivity contribution in [2.24, 2.45) is 11.8 Å². The summed E-state index contributed by atoms with van der Waals surface area (Å²) < 4.78 is 4.69. The van der Waals surface area contributed by atoms with Crippen molar-refractivity contribution >= 4 is 18.2 Å². The first-order valence-electron chi connectivity index (χ1n) is 5.86. The molecule has 0 heterocycles. The van der Waals surface area contributed by atoms with Crippen molar-refractivity contribution in [2.75, 3.05) is 20.7 Å². The van der Waals surface area contributed by atoms with Gasteiger partial charge in [0.05, 0.1) is 19.6 Å². The number of likely N-dealkylation sites (N-methyl/N-ethyl adjacent to an activating group) is 1. The zero-order valence-corrected chi connectivity index (χ0v) is 10.3. The van der Waals surface area contributed by atoms with Gasteiger partial charge in [-0.15, -0.1) is 0 Å². The molecule has 0 atom stereocenters. The van der Waals surface area contributed by atoms with Gasteiger partial charge in [0.15, 0.2) is 0 Å². The van der Waals surface area contributed by atoms with E-state index in [0.29, 0.717) is 25.7 Å². The first-order chi connectivity index (χ1) is 8.10. The van der Waals surface area contributed by atoms with Gasteiger partial charge in [0.1, 0.15) is 6.29 Å². The Balaban J connectivity index is 2.43. The van der Waals surface area contributed by atoms with Gasteiger partial charge in [0, 0.05) is 13.0 Å². The molecule has 0 aromatic carbocycles. The molecule has 96 valence electrons. The highest BCUT2D eigenvalue weighted by molar-refractivity contribution is 5.81. The Labute approximate surface area is 101 Å². The first kappa shape index (κ1) is 13.7. The fourth-order valence-corrected chi connectivity index (χ4v) is 2.26. The monoisotopic (exact) mass is 241 g/mol. The molecule has 1 aliphatic rings. The summed E-state index contributed by atoms with van der Waals surface area (Å²) in [6, 6.07) is 0. The zero-order chi connectivity index (χ0) is 12.8. The number of methoxy groups -OCH3 is 1. The summed E-state index contributed by atoms with van der Waals surface area (Å²) in [6.45, 7) is 0.135. The molecule has 5 nitrogen and oxygen atoms in total. The van der Waals surface area contributed by atoms with Crippen LogP contribution in [0.2, 0.25) is 0 Å². The number of amides is 1. The van der Waals surface area contributed by atoms with Gasteiger partial charge in [0.2, 0.25) is 5.91 Å². The minimum atomic E-state index is -0.183. The van der Waals surface area contributed by atoms with Gasteiger partial charge in [-0.3, -0.25) is 9.59 Å². The van der Waals surface area contributed by atoms with Gasteiger partial charge < -0.3 is 14.4 Å². The standard InChI is InChI=1S/C12H19NO4/c1-13(7-8-14)11(15)9-3-5-10(6-4-9)12(16)17-2/h8-10H,3-7H2,1-2H3. The van der Waals surface area contributed by atoms with E-state index in [1.54, 1.807) is 7.05 Å². The van der Waals surface area contributed by atoms with Crippen LogP contribution < -0.4 is 0 Å². The van der Waals surface area contributed by atoms with Crippen LogP contribution in [-0.2, 0) is 19.1 Å². The fraction of sp³-hybridized carbons (Fsp3) is 0.750. The van der Waals surface area contributed by atoms with Crippen molar-refractivity contribution in [3.05, 3.63) is 0 Å². The van der Waals surface area contributed by atoms with E-state index >= 15 is 0 Å². The predicted octanol–water partition coefficient (Wildman–Crippen LogP) is 0.623. The Hall–Kier alpha value is -1.39. The smallest absolute Gasteiger partial charge is 0.308 e. The second kappa shape index (κ2) is 6.37. The van der Waals surface area contributed by atoms with E-state index in [9.17, 15) is 14.4 Å². The zero-order valence-electron chi connectivity index (χ0n) is 10.3. The van der Waals surface area contributed by atoms with Crippen LogP contribution in [0.4, 0.5) is 0 Å². The molecule has 0 spiro atoms. The molecular formula is C12H19NO4. The Morgan fingerprint density at radius 1 is 1.24 bits per heavy atom. The molecule has 5 heteroatoms. The second-order valence-electron chi connectivity index (χ2n) is 4.46. The van der Waals surface area contributed by atoms with E-state index in [1.165, 1.54) is 12.0 Å². The lowest BCUT2D eigenvalue weighted by Gasteiger charge is -2.28. The minimum Gasteiger partial charge on any atom is -0.469 e. The summed E-state index contributed by atoms with van der Waals surface area (Å²) in [5.74, 6) is -0.307. The van der Waals surface area contributed by atoms with Crippen molar-refractivity contribution in [2.45, 2.75) is 25.7 Å². The normalized spacial score (nSPS) is 23.9. The minimum absolute atomic E-state index is 0.000385. The Kier molecular flexibility index (Phi) is 5.12. The number of aldehydes is 1. The Morgan fingerprint density at radius 3 is 2.24 bits per heavy atom. The van der Waals surface area contributed by atoms with Crippen LogP contribution in [0.15, 0.2) is 0 Å². The number of ether oxygens (including phenoxy) is 1. The number of carbonyl (C=O) groups is 3. The molecule has 0 aromatic rings. The molecule has 0 aliphatic heterocycles. The maximum absolute atomic E-state index is 11.9. The van der Waals surface area contributed by atoms with Crippen LogP contribution in [0.3, 0.4) is 0 Å². The average Bonchev–Trinajstić information content (AvgIpc) is 2.37. The molecule has 0 aromatic heterocycles. The van der Waals surface area contributed by atoms with E-state index in [4.69, 9.17) is 4.74 Å². The molecular weight excluding hydrogens is 222 g/mol. The summed E-state index contributed by atoms with van der Waals surface area (Å²) in [7, 11) is 3.01. The van der Waals surface area contributed by atoms with Gasteiger partial charge in [-0.2, -0.15) is 0 Å². The molecule has 0 radical (unpaired) electrons. The number of hydrogen-bond acceptors (Lipinski definition) is 4. The third-order valence-corrected chi connectivity index (χ3v) is 3.34. The summed E-state index contributed by atoms with van der Waals surface area (Å²) in [5.41, 5.74) is 0. The molecule has 1 saturated carbocycles. The first-order valence-corrected chi connectivity index (χ1v) is 5.86. The van der Waals surface area contributed by atoms with Crippen molar-refractivity contribution in [3.63, 3.8) is 0 Å². The highest BCUT2D eigenvalue weighted by Gasteiger charge is 2.31. The van der Waals surface area contributed by atoms with Gasteiger partial charge in [-0.05, 0) is 25.7 Å². The van der Waals surface area contributed by atoms with Gasteiger partial charge >= 0.3 is 5.97 Å². The van der Waals surface area contributed by atoms with Crippen molar-refractivity contribution in [1.82, 2.24) is 4.90 Å². The van der Waals surface area contributed by atoms with E-state index in [0.717, 1.165) is 6.29 Å². The molecule has 1 rings (SSSR count). The maximum atomic E-state index is 11.9. The number of hydrogen-bond donors (Lipinski definition) is 0. The quantitative estimate of drug-likeness (QED) is 0.535. The maximum Gasteiger partial charge on any atom is 0.308 e. The second-order valence-corrected chi connectivity index (χ2v) is 4.46. The third kappa shape index (κ3) is 3.54. The van der Waals surface area contributed by atoms with Crippen LogP contribution in [0.1, 0.15) is 25.7 Å². The average molecular weight is 241 g/mol. The van der Waals surface area contributed by atoms with E-state index in [2.05, 4.69) is 0 Å². The summed E-state index contributed by atoms with van der Waals surface area (Å²) >= 11 is 0. The molecule has 0 saturated heterocycles. The van der Waals surface area contributed by atoms with Gasteiger partial charge in [-0.25, -0.2) is 0 Å². The summed E-state index contributed by atoms with van der Waals surface area (Å²) in [6.07, 6.45) is 3.50. The lowest BCUT2D eigenvalue weighted by atomic mass is 9.81. The van der Waals surface area contributed by atoms with E-state index in [-0.39, 0.29) is 30.3 Å². The van der Waals surface area contributed by atoms with Crippen LogP contribution in [0.25, 0.3) is 0 Å². The number of rotatable bonds is 4. The number of esters is 1. The van der Waals surface area contributed by atoms with Gasteiger partial charge in [-0.1, -0.05) is 0 Å². The van der Waals surface area contributed by atoms with Crippen LogP contribution in [-0.4, -0.2) is 43.8 Å². The van der Waals surface area contributed by atoms with Crippen molar-refractivity contribution < 1.29 is 19.1 Å². The number of carbonyl (C=O) groups excluding carboxylic acids is 3. The molecule has 0 bridgehead atoms. The Bertz CT molecular complexity index is 295. The molecule has 1 amide bonds. The van der Waals surface area contributed by atoms with Crippen LogP contribution in [0, 0.1) is 11.8 Å². The van der Waals surface area contributed by atoms with Gasteiger partial charge in [0.25, 0.3) is 0 Å². The fourth-order valence-electron chi connectivity index (χ4n) is 2.26. The third-order valence-electron chi connectivity index (χ3n) is 3.34. The number of nitrogens with zero attached hydrogens (tertiary/aromatic N) is 1. The molecule has 1 aliphatic carbocycles. The Morgan fingerprint density at radius 2 is 1.76 bits per heavy atom. The van der Waals surface area contributed by atoms with Crippen molar-refractivity contribution in [3.8, 4) is 0 Å². The molecule has 1 fully saturated rings. The van der Waals surface area contributed by atoms with E-state index < -0.39 is 0 Å². The lowest BCUT2D eigenvalue weighted by Crippen LogP contribution is -2.36. The van der Waals surface area contributed by atoms with E-state index in [1.807, 2.05) is 0 Å². The molecule has 17 heavy (non-hydrogen) atoms. The summed E-state index contributed by atoms with van der Waals surface area (Å²) in [4.78, 5) is 35.0. The van der Waals surface area contributed by atoms with Crippen molar-refractivity contribution in [1.29, 1.82) is 0 Å². The van der Waals surface area contributed by atoms with Crippen LogP contribution >= 0.6 is 0 Å². The van der Waals surface area contributed by atoms with Crippen LogP contribution in [0.5, 0.6) is 0 Å². The lowest BCUT2D eigenvalue weighted by molar-refractivity contribution is -0.148. The predicted molar refractivity (Wildman–Crippen MR) is 61.2 cm³/mol. The SMILES string of the molecule is COC(=O)C1CCC(C(=O)N(C)CC=O)CC1. The highest BCUT2D eigenvalue weighted by atomic mass is 16.5. The highest BCUT2D eigenvalue weighted by Crippen LogP contribution is 2.30. The summed E-state index contributed by atoms with van der Waals surface area (Å²) in [5, 5.41) is 0. The molecule has 0 N–H and O–H groups in total.